The molecular weight excluding hydrogens is 290 g/mol. The van der Waals surface area contributed by atoms with Gasteiger partial charge in [-0.15, -0.1) is 0 Å². The van der Waals surface area contributed by atoms with E-state index in [0.717, 1.165) is 16.5 Å². The van der Waals surface area contributed by atoms with Crippen molar-refractivity contribution in [1.29, 1.82) is 0 Å². The Kier molecular flexibility index (Phi) is 3.36. The molecule has 0 radical (unpaired) electrons. The summed E-state index contributed by atoms with van der Waals surface area (Å²) in [6.07, 6.45) is 3.51. The maximum atomic E-state index is 11.2. The van der Waals surface area contributed by atoms with Crippen molar-refractivity contribution in [2.75, 3.05) is 5.32 Å². The summed E-state index contributed by atoms with van der Waals surface area (Å²) in [6.45, 7) is 0.358. The molecule has 0 aliphatic heterocycles. The number of furan rings is 1. The van der Waals surface area contributed by atoms with E-state index in [1.165, 1.54) is 6.07 Å². The number of nitrogens with two attached hydrogens (primary N) is 1. The lowest BCUT2D eigenvalue weighted by Crippen LogP contribution is -2.10. The normalized spacial score (nSPS) is 11.7. The highest BCUT2D eigenvalue weighted by molar-refractivity contribution is 7.89. The van der Waals surface area contributed by atoms with Crippen LogP contribution in [0.4, 0.5) is 5.69 Å². The lowest BCUT2D eigenvalue weighted by Gasteiger charge is -2.08. The molecule has 3 aromatic rings. The predicted octanol–water partition coefficient (Wildman–Crippen LogP) is 2.09. The van der Waals surface area contributed by atoms with Crippen molar-refractivity contribution in [2.45, 2.75) is 11.6 Å². The monoisotopic (exact) mass is 303 g/mol. The minimum atomic E-state index is -3.80. The molecule has 0 aliphatic carbocycles. The number of nitrogens with zero attached hydrogens (tertiary/aromatic N) is 1. The maximum absolute atomic E-state index is 11.2. The Morgan fingerprint density at radius 2 is 2.05 bits per heavy atom. The third kappa shape index (κ3) is 2.88. The summed E-state index contributed by atoms with van der Waals surface area (Å²) in [5.41, 5.74) is 0.920. The zero-order valence-corrected chi connectivity index (χ0v) is 11.8. The largest absolute Gasteiger partial charge is 0.446 e. The second-order valence-corrected chi connectivity index (χ2v) is 6.01. The summed E-state index contributed by atoms with van der Waals surface area (Å²) in [5, 5.41) is 10.0. The number of hydrogen-bond donors (Lipinski definition) is 2. The van der Waals surface area contributed by atoms with Crippen molar-refractivity contribution in [3.8, 4) is 0 Å². The molecule has 0 saturated carbocycles. The van der Waals surface area contributed by atoms with E-state index in [1.807, 2.05) is 24.3 Å². The van der Waals surface area contributed by atoms with E-state index in [-0.39, 0.29) is 5.09 Å². The molecule has 0 spiro atoms. The number of rotatable bonds is 4. The number of primary sulfonamides is 1. The van der Waals surface area contributed by atoms with Crippen molar-refractivity contribution < 1.29 is 12.8 Å². The summed E-state index contributed by atoms with van der Waals surface area (Å²) >= 11 is 0. The van der Waals surface area contributed by atoms with E-state index in [2.05, 4.69) is 10.3 Å². The first-order valence-corrected chi connectivity index (χ1v) is 7.77. The van der Waals surface area contributed by atoms with Crippen LogP contribution in [-0.2, 0) is 16.6 Å². The number of pyridine rings is 1. The minimum Gasteiger partial charge on any atom is -0.446 e. The van der Waals surface area contributed by atoms with Crippen LogP contribution in [-0.4, -0.2) is 13.4 Å². The Labute approximate surface area is 121 Å². The second kappa shape index (κ2) is 5.19. The summed E-state index contributed by atoms with van der Waals surface area (Å²) < 4.78 is 27.5. The Hall–Kier alpha value is -2.38. The lowest BCUT2D eigenvalue weighted by atomic mass is 10.1. The van der Waals surface area contributed by atoms with Gasteiger partial charge in [-0.1, -0.05) is 12.1 Å². The third-order valence-electron chi connectivity index (χ3n) is 3.05. The van der Waals surface area contributed by atoms with E-state index in [0.29, 0.717) is 12.3 Å². The SMILES string of the molecule is NS(=O)(=O)c1ccc(CNc2cccc3cnccc23)o1. The van der Waals surface area contributed by atoms with Crippen molar-refractivity contribution in [1.82, 2.24) is 4.98 Å². The molecule has 21 heavy (non-hydrogen) atoms. The zero-order chi connectivity index (χ0) is 14.9. The lowest BCUT2D eigenvalue weighted by molar-refractivity contribution is 0.419. The van der Waals surface area contributed by atoms with E-state index < -0.39 is 10.0 Å². The van der Waals surface area contributed by atoms with Crippen LogP contribution in [0.2, 0.25) is 0 Å². The molecule has 0 amide bonds. The minimum absolute atomic E-state index is 0.235. The van der Waals surface area contributed by atoms with Crippen LogP contribution >= 0.6 is 0 Å². The molecule has 3 N–H and O–H groups in total. The van der Waals surface area contributed by atoms with Crippen LogP contribution in [0, 0.1) is 0 Å². The topological polar surface area (TPSA) is 98.2 Å². The fourth-order valence-corrected chi connectivity index (χ4v) is 2.55. The van der Waals surface area contributed by atoms with Crippen molar-refractivity contribution in [3.63, 3.8) is 0 Å². The van der Waals surface area contributed by atoms with Gasteiger partial charge < -0.3 is 9.73 Å². The van der Waals surface area contributed by atoms with Gasteiger partial charge in [0.25, 0.3) is 10.0 Å². The van der Waals surface area contributed by atoms with Crippen LogP contribution in [0.5, 0.6) is 0 Å². The summed E-state index contributed by atoms with van der Waals surface area (Å²) in [5.74, 6) is 0.491. The highest BCUT2D eigenvalue weighted by Gasteiger charge is 2.13. The fourth-order valence-electron chi connectivity index (χ4n) is 2.07. The van der Waals surface area contributed by atoms with Crippen LogP contribution in [0.25, 0.3) is 10.8 Å². The quantitative estimate of drug-likeness (QED) is 0.769. The average Bonchev–Trinajstić information content (AvgIpc) is 2.94. The first-order valence-electron chi connectivity index (χ1n) is 6.22. The Balaban J connectivity index is 1.82. The molecule has 0 bridgehead atoms. The van der Waals surface area contributed by atoms with Gasteiger partial charge in [0.05, 0.1) is 6.54 Å². The zero-order valence-electron chi connectivity index (χ0n) is 11.0. The Morgan fingerprint density at radius 1 is 1.19 bits per heavy atom. The highest BCUT2D eigenvalue weighted by Crippen LogP contribution is 2.23. The molecule has 7 heteroatoms. The van der Waals surface area contributed by atoms with Gasteiger partial charge in [0, 0.05) is 28.9 Å². The van der Waals surface area contributed by atoms with Crippen LogP contribution < -0.4 is 10.5 Å². The molecule has 0 unspecified atom stereocenters. The fraction of sp³-hybridized carbons (Fsp3) is 0.0714. The number of sulfonamides is 1. The number of anilines is 1. The molecule has 6 nitrogen and oxygen atoms in total. The molecule has 2 heterocycles. The molecule has 1 aromatic carbocycles. The van der Waals surface area contributed by atoms with Gasteiger partial charge in [0.15, 0.2) is 0 Å². The maximum Gasteiger partial charge on any atom is 0.271 e. The van der Waals surface area contributed by atoms with Gasteiger partial charge in [-0.05, 0) is 24.3 Å². The molecule has 0 aliphatic rings. The first-order chi connectivity index (χ1) is 10.0. The summed E-state index contributed by atoms with van der Waals surface area (Å²) in [7, 11) is -3.80. The van der Waals surface area contributed by atoms with Crippen LogP contribution in [0.15, 0.2) is 58.3 Å². The molecule has 108 valence electrons. The first kappa shape index (κ1) is 13.6. The number of hydrogen-bond acceptors (Lipinski definition) is 5. The molecule has 2 aromatic heterocycles. The van der Waals surface area contributed by atoms with Gasteiger partial charge in [-0.2, -0.15) is 0 Å². The number of nitrogens with one attached hydrogen (secondary N) is 1. The van der Waals surface area contributed by atoms with Gasteiger partial charge in [-0.25, -0.2) is 13.6 Å². The molecule has 0 fully saturated rings. The van der Waals surface area contributed by atoms with Gasteiger partial charge in [-0.3, -0.25) is 4.98 Å². The standard InChI is InChI=1S/C14H13N3O3S/c15-21(18,19)14-5-4-11(20-14)9-17-13-3-1-2-10-8-16-7-6-12(10)13/h1-8,17H,9H2,(H2,15,18,19). The van der Waals surface area contributed by atoms with Crippen LogP contribution in [0.3, 0.4) is 0 Å². The van der Waals surface area contributed by atoms with Gasteiger partial charge in [0.2, 0.25) is 5.09 Å². The van der Waals surface area contributed by atoms with E-state index in [9.17, 15) is 8.42 Å². The molecular formula is C14H13N3O3S. The van der Waals surface area contributed by atoms with E-state index in [4.69, 9.17) is 9.56 Å². The number of fused-ring (bicyclic) bond motifs is 1. The van der Waals surface area contributed by atoms with Gasteiger partial charge in [0.1, 0.15) is 5.76 Å². The van der Waals surface area contributed by atoms with Crippen molar-refractivity contribution in [2.24, 2.45) is 5.14 Å². The second-order valence-electron chi connectivity index (χ2n) is 4.52. The summed E-state index contributed by atoms with van der Waals surface area (Å²) in [4.78, 5) is 4.08. The van der Waals surface area contributed by atoms with E-state index in [1.54, 1.807) is 18.5 Å². The number of aromatic nitrogens is 1. The molecule has 0 atom stereocenters. The van der Waals surface area contributed by atoms with Crippen molar-refractivity contribution >= 4 is 26.5 Å². The Morgan fingerprint density at radius 3 is 2.81 bits per heavy atom. The molecule has 0 saturated heterocycles. The average molecular weight is 303 g/mol. The van der Waals surface area contributed by atoms with Crippen LogP contribution in [0.1, 0.15) is 5.76 Å². The van der Waals surface area contributed by atoms with Gasteiger partial charge >= 0.3 is 0 Å². The molecule has 3 rings (SSSR count). The van der Waals surface area contributed by atoms with Crippen molar-refractivity contribution in [3.05, 3.63) is 54.6 Å². The number of benzene rings is 1. The smallest absolute Gasteiger partial charge is 0.271 e. The highest BCUT2D eigenvalue weighted by atomic mass is 32.2. The predicted molar refractivity (Wildman–Crippen MR) is 79.2 cm³/mol. The third-order valence-corrected chi connectivity index (χ3v) is 3.83. The Bertz CT molecular complexity index is 882. The summed E-state index contributed by atoms with van der Waals surface area (Å²) in [6, 6.07) is 10.7. The van der Waals surface area contributed by atoms with E-state index >= 15 is 0 Å².